The van der Waals surface area contributed by atoms with E-state index in [9.17, 15) is 4.79 Å². The highest BCUT2D eigenvalue weighted by Gasteiger charge is 2.24. The number of ether oxygens (including phenoxy) is 2. The summed E-state index contributed by atoms with van der Waals surface area (Å²) in [6.45, 7) is 10.1. The first-order valence-electron chi connectivity index (χ1n) is 14.0. The van der Waals surface area contributed by atoms with Crippen molar-refractivity contribution in [2.75, 3.05) is 32.8 Å². The summed E-state index contributed by atoms with van der Waals surface area (Å²) in [5.41, 5.74) is 4.19. The second kappa shape index (κ2) is 14.3. The number of carbonyl (C=O) groups excluding carboxylic acids is 1. The highest BCUT2D eigenvalue weighted by Crippen LogP contribution is 2.35. The van der Waals surface area contributed by atoms with Crippen LogP contribution in [0.15, 0.2) is 85.6 Å². The summed E-state index contributed by atoms with van der Waals surface area (Å²) >= 11 is 18.6. The number of nitrogens with zero attached hydrogens (tertiary/aromatic N) is 3. The van der Waals surface area contributed by atoms with Gasteiger partial charge in [0.05, 0.1) is 17.8 Å². The SMILES string of the molecule is C=C(C(=O)N1CCN(Cc2ccc(Cl)cc2)CC1)c1cc(C)c(Oc2ccc(OCCc3ccc(Cl)cc3)cn2)c(Cl)c1. The van der Waals surface area contributed by atoms with Crippen molar-refractivity contribution in [3.63, 3.8) is 0 Å². The average molecular weight is 637 g/mol. The molecule has 0 bridgehead atoms. The Kier molecular flexibility index (Phi) is 10.3. The summed E-state index contributed by atoms with van der Waals surface area (Å²) in [7, 11) is 0. The largest absolute Gasteiger partial charge is 0.492 e. The van der Waals surface area contributed by atoms with Crippen LogP contribution in [0.4, 0.5) is 0 Å². The van der Waals surface area contributed by atoms with Crippen LogP contribution in [0.5, 0.6) is 17.4 Å². The Balaban J connectivity index is 1.13. The normalized spacial score (nSPS) is 13.5. The van der Waals surface area contributed by atoms with Crippen LogP contribution in [-0.4, -0.2) is 53.5 Å². The third kappa shape index (κ3) is 8.30. The lowest BCUT2D eigenvalue weighted by Crippen LogP contribution is -2.48. The number of aromatic nitrogens is 1. The maximum atomic E-state index is 13.3. The molecular formula is C34H32Cl3N3O3. The molecule has 9 heteroatoms. The standard InChI is InChI=1S/C34H32Cl3N3O3/c1-23-19-27(24(2)34(41)40-16-14-39(15-17-40)22-26-5-9-29(36)10-6-26)20-31(37)33(23)43-32-12-11-30(21-38-32)42-18-13-25-3-7-28(35)8-4-25/h3-12,19-21H,2,13-18,22H2,1H3. The Bertz CT molecular complexity index is 1540. The van der Waals surface area contributed by atoms with Crippen LogP contribution in [0.1, 0.15) is 22.3 Å². The predicted molar refractivity (Wildman–Crippen MR) is 173 cm³/mol. The van der Waals surface area contributed by atoms with Gasteiger partial charge in [-0.15, -0.1) is 0 Å². The lowest BCUT2D eigenvalue weighted by molar-refractivity contribution is -0.126. The van der Waals surface area contributed by atoms with Crippen molar-refractivity contribution in [1.29, 1.82) is 0 Å². The van der Waals surface area contributed by atoms with E-state index in [4.69, 9.17) is 44.3 Å². The van der Waals surface area contributed by atoms with Crippen molar-refractivity contribution in [2.24, 2.45) is 0 Å². The Morgan fingerprint density at radius 1 is 0.884 bits per heavy atom. The van der Waals surface area contributed by atoms with E-state index in [2.05, 4.69) is 16.5 Å². The van der Waals surface area contributed by atoms with Gasteiger partial charge in [-0.25, -0.2) is 4.98 Å². The van der Waals surface area contributed by atoms with Crippen molar-refractivity contribution in [2.45, 2.75) is 19.9 Å². The first-order valence-corrected chi connectivity index (χ1v) is 15.2. The number of rotatable bonds is 10. The Labute approximate surface area is 267 Å². The molecule has 0 unspecified atom stereocenters. The molecule has 0 N–H and O–H groups in total. The number of hydrogen-bond acceptors (Lipinski definition) is 5. The molecule has 4 aromatic rings. The molecule has 0 spiro atoms. The second-order valence-electron chi connectivity index (χ2n) is 10.4. The molecule has 5 rings (SSSR count). The monoisotopic (exact) mass is 635 g/mol. The van der Waals surface area contributed by atoms with Crippen molar-refractivity contribution >= 4 is 46.3 Å². The lowest BCUT2D eigenvalue weighted by atomic mass is 10.0. The van der Waals surface area contributed by atoms with Gasteiger partial charge in [0, 0.05) is 60.8 Å². The number of aryl methyl sites for hydroxylation is 1. The molecule has 0 atom stereocenters. The lowest BCUT2D eigenvalue weighted by Gasteiger charge is -2.35. The minimum Gasteiger partial charge on any atom is -0.492 e. The molecule has 0 saturated carbocycles. The van der Waals surface area contributed by atoms with Gasteiger partial charge in [0.15, 0.2) is 5.75 Å². The first-order chi connectivity index (χ1) is 20.7. The number of benzene rings is 3. The molecule has 1 amide bonds. The van der Waals surface area contributed by atoms with E-state index in [1.54, 1.807) is 24.4 Å². The summed E-state index contributed by atoms with van der Waals surface area (Å²) in [6, 6.07) is 22.7. The number of carbonyl (C=O) groups is 1. The van der Waals surface area contributed by atoms with E-state index in [0.717, 1.165) is 42.2 Å². The van der Waals surface area contributed by atoms with Gasteiger partial charge in [0.25, 0.3) is 5.91 Å². The highest BCUT2D eigenvalue weighted by molar-refractivity contribution is 6.33. The zero-order chi connectivity index (χ0) is 30.3. The van der Waals surface area contributed by atoms with Crippen LogP contribution < -0.4 is 9.47 Å². The molecule has 1 aliphatic heterocycles. The van der Waals surface area contributed by atoms with Crippen LogP contribution in [-0.2, 0) is 17.8 Å². The van der Waals surface area contributed by atoms with Crippen LogP contribution in [0.2, 0.25) is 15.1 Å². The smallest absolute Gasteiger partial charge is 0.253 e. The van der Waals surface area contributed by atoms with Gasteiger partial charge in [-0.2, -0.15) is 0 Å². The van der Waals surface area contributed by atoms with Gasteiger partial charge in [0.2, 0.25) is 5.88 Å². The van der Waals surface area contributed by atoms with Crippen LogP contribution in [0, 0.1) is 6.92 Å². The average Bonchev–Trinajstić information content (AvgIpc) is 3.01. The van der Waals surface area contributed by atoms with Crippen LogP contribution in [0.25, 0.3) is 5.57 Å². The first kappa shape index (κ1) is 30.9. The van der Waals surface area contributed by atoms with Crippen molar-refractivity contribution in [1.82, 2.24) is 14.8 Å². The second-order valence-corrected chi connectivity index (χ2v) is 11.7. The van der Waals surface area contributed by atoms with Crippen LogP contribution >= 0.6 is 34.8 Å². The van der Waals surface area contributed by atoms with Gasteiger partial charge in [-0.3, -0.25) is 9.69 Å². The zero-order valence-electron chi connectivity index (χ0n) is 23.9. The maximum Gasteiger partial charge on any atom is 0.253 e. The maximum absolute atomic E-state index is 13.3. The topological polar surface area (TPSA) is 54.9 Å². The molecule has 1 fully saturated rings. The Morgan fingerprint density at radius 2 is 1.53 bits per heavy atom. The van der Waals surface area contributed by atoms with Crippen molar-refractivity contribution in [3.05, 3.63) is 123 Å². The quantitative estimate of drug-likeness (QED) is 0.165. The van der Waals surface area contributed by atoms with Gasteiger partial charge in [-0.1, -0.05) is 65.6 Å². The minimum absolute atomic E-state index is 0.0939. The molecule has 0 aliphatic carbocycles. The third-order valence-electron chi connectivity index (χ3n) is 7.30. The fourth-order valence-electron chi connectivity index (χ4n) is 4.86. The molecule has 6 nitrogen and oxygen atoms in total. The summed E-state index contributed by atoms with van der Waals surface area (Å²) in [4.78, 5) is 21.8. The number of hydrogen-bond donors (Lipinski definition) is 0. The minimum atomic E-state index is -0.0939. The third-order valence-corrected chi connectivity index (χ3v) is 8.09. The van der Waals surface area contributed by atoms with Gasteiger partial charge in [-0.05, 0) is 71.6 Å². The molecule has 222 valence electrons. The fraction of sp³-hybridized carbons (Fsp3) is 0.235. The fourth-order valence-corrected chi connectivity index (χ4v) is 5.42. The number of halogens is 3. The summed E-state index contributed by atoms with van der Waals surface area (Å²) < 4.78 is 11.8. The van der Waals surface area contributed by atoms with Gasteiger partial charge >= 0.3 is 0 Å². The van der Waals surface area contributed by atoms with E-state index in [1.807, 2.05) is 66.4 Å². The van der Waals surface area contributed by atoms with E-state index in [0.29, 0.717) is 58.3 Å². The number of piperazine rings is 1. The van der Waals surface area contributed by atoms with E-state index >= 15 is 0 Å². The molecule has 3 aromatic carbocycles. The van der Waals surface area contributed by atoms with E-state index < -0.39 is 0 Å². The summed E-state index contributed by atoms with van der Waals surface area (Å²) in [5, 5.41) is 1.82. The summed E-state index contributed by atoms with van der Waals surface area (Å²) in [6.07, 6.45) is 2.37. The molecular weight excluding hydrogens is 605 g/mol. The number of amides is 1. The van der Waals surface area contributed by atoms with E-state index in [1.165, 1.54) is 5.56 Å². The van der Waals surface area contributed by atoms with Gasteiger partial charge in [0.1, 0.15) is 5.75 Å². The van der Waals surface area contributed by atoms with Crippen molar-refractivity contribution < 1.29 is 14.3 Å². The Morgan fingerprint density at radius 3 is 2.14 bits per heavy atom. The molecule has 0 radical (unpaired) electrons. The molecule has 43 heavy (non-hydrogen) atoms. The Hall–Kier alpha value is -3.55. The highest BCUT2D eigenvalue weighted by atomic mass is 35.5. The summed E-state index contributed by atoms with van der Waals surface area (Å²) in [5.74, 6) is 1.41. The van der Waals surface area contributed by atoms with Gasteiger partial charge < -0.3 is 14.4 Å². The van der Waals surface area contributed by atoms with Crippen molar-refractivity contribution in [3.8, 4) is 17.4 Å². The number of pyridine rings is 1. The molecule has 1 aliphatic rings. The predicted octanol–water partition coefficient (Wildman–Crippen LogP) is 8.12. The molecule has 1 aromatic heterocycles. The van der Waals surface area contributed by atoms with E-state index in [-0.39, 0.29) is 5.91 Å². The molecule has 1 saturated heterocycles. The van der Waals surface area contributed by atoms with Crippen LogP contribution in [0.3, 0.4) is 0 Å². The molecule has 2 heterocycles. The zero-order valence-corrected chi connectivity index (χ0v) is 26.1.